The molecule has 33 heavy (non-hydrogen) atoms. The van der Waals surface area contributed by atoms with E-state index in [0.29, 0.717) is 29.6 Å². The fraction of sp³-hybridized carbons (Fsp3) is 0.308. The monoisotopic (exact) mass is 445 g/mol. The van der Waals surface area contributed by atoms with Crippen LogP contribution in [0.15, 0.2) is 54.7 Å². The highest BCUT2D eigenvalue weighted by Crippen LogP contribution is 2.38. The third-order valence-electron chi connectivity index (χ3n) is 5.84. The lowest BCUT2D eigenvalue weighted by atomic mass is 10.1. The Morgan fingerprint density at radius 3 is 2.64 bits per heavy atom. The van der Waals surface area contributed by atoms with Crippen LogP contribution in [0.2, 0.25) is 0 Å². The van der Waals surface area contributed by atoms with Gasteiger partial charge in [0.05, 0.1) is 37.1 Å². The molecule has 5 rings (SSSR count). The summed E-state index contributed by atoms with van der Waals surface area (Å²) in [5, 5.41) is 1.88. The first-order chi connectivity index (χ1) is 16.2. The molecule has 0 spiro atoms. The second kappa shape index (κ2) is 9.60. The molecule has 1 saturated heterocycles. The number of aromatic nitrogens is 2. The SMILES string of the molecule is COc1cc2c(Oc3cc4ccccc4nc3C)ccnc2cc1OCCN1CCOCC1. The van der Waals surface area contributed by atoms with Crippen LogP contribution in [-0.4, -0.2) is 61.4 Å². The van der Waals surface area contributed by atoms with E-state index in [9.17, 15) is 0 Å². The number of rotatable bonds is 7. The van der Waals surface area contributed by atoms with Crippen LogP contribution < -0.4 is 14.2 Å². The summed E-state index contributed by atoms with van der Waals surface area (Å²) in [5.74, 6) is 2.73. The van der Waals surface area contributed by atoms with Gasteiger partial charge in [-0.15, -0.1) is 0 Å². The summed E-state index contributed by atoms with van der Waals surface area (Å²) in [6, 6.07) is 15.7. The normalized spacial score (nSPS) is 14.5. The first-order valence-electron chi connectivity index (χ1n) is 11.1. The zero-order valence-electron chi connectivity index (χ0n) is 18.9. The maximum Gasteiger partial charge on any atom is 0.163 e. The standard InChI is InChI=1S/C26H27N3O4/c1-18-24(15-19-5-3-4-6-21(19)28-18)33-23-7-8-27-22-17-26(25(30-2)16-20(22)23)32-14-11-29-9-12-31-13-10-29/h3-8,15-17H,9-14H2,1-2H3. The van der Waals surface area contributed by atoms with Crippen molar-refractivity contribution in [2.75, 3.05) is 46.6 Å². The van der Waals surface area contributed by atoms with Crippen molar-refractivity contribution in [3.8, 4) is 23.0 Å². The van der Waals surface area contributed by atoms with Crippen molar-refractivity contribution in [3.05, 3.63) is 60.4 Å². The van der Waals surface area contributed by atoms with Gasteiger partial charge < -0.3 is 18.9 Å². The van der Waals surface area contributed by atoms with Gasteiger partial charge in [0.2, 0.25) is 0 Å². The van der Waals surface area contributed by atoms with Gasteiger partial charge in [0, 0.05) is 42.7 Å². The molecule has 0 aliphatic carbocycles. The number of hydrogen-bond acceptors (Lipinski definition) is 7. The Morgan fingerprint density at radius 1 is 0.939 bits per heavy atom. The largest absolute Gasteiger partial charge is 0.493 e. The predicted octanol–water partition coefficient (Wildman–Crippen LogP) is 4.60. The summed E-state index contributed by atoms with van der Waals surface area (Å²) >= 11 is 0. The van der Waals surface area contributed by atoms with Gasteiger partial charge in [-0.25, -0.2) is 4.98 Å². The lowest BCUT2D eigenvalue weighted by Gasteiger charge is -2.26. The van der Waals surface area contributed by atoms with Crippen LogP contribution >= 0.6 is 0 Å². The molecule has 0 saturated carbocycles. The van der Waals surface area contributed by atoms with Crippen molar-refractivity contribution in [2.45, 2.75) is 6.92 Å². The average Bonchev–Trinajstić information content (AvgIpc) is 2.85. The summed E-state index contributed by atoms with van der Waals surface area (Å²) in [5.41, 5.74) is 2.55. The smallest absolute Gasteiger partial charge is 0.163 e. The van der Waals surface area contributed by atoms with E-state index in [0.717, 1.165) is 60.3 Å². The average molecular weight is 446 g/mol. The van der Waals surface area contributed by atoms with Gasteiger partial charge >= 0.3 is 0 Å². The number of nitrogens with zero attached hydrogens (tertiary/aromatic N) is 3. The zero-order valence-corrected chi connectivity index (χ0v) is 18.9. The molecule has 0 unspecified atom stereocenters. The minimum absolute atomic E-state index is 0.569. The number of pyridine rings is 2. The first kappa shape index (κ1) is 21.4. The number of benzene rings is 2. The Kier molecular flexibility index (Phi) is 6.24. The molecular formula is C26H27N3O4. The fourth-order valence-corrected chi connectivity index (χ4v) is 4.01. The van der Waals surface area contributed by atoms with Crippen LogP contribution in [0, 0.1) is 6.92 Å². The molecule has 2 aromatic heterocycles. The quantitative estimate of drug-likeness (QED) is 0.412. The number of fused-ring (bicyclic) bond motifs is 2. The third-order valence-corrected chi connectivity index (χ3v) is 5.84. The molecule has 2 aromatic carbocycles. The lowest BCUT2D eigenvalue weighted by Crippen LogP contribution is -2.38. The number of hydrogen-bond donors (Lipinski definition) is 0. The highest BCUT2D eigenvalue weighted by molar-refractivity contribution is 5.88. The molecule has 0 amide bonds. The minimum atomic E-state index is 0.569. The lowest BCUT2D eigenvalue weighted by molar-refractivity contribution is 0.0321. The molecule has 7 heteroatoms. The first-order valence-corrected chi connectivity index (χ1v) is 11.1. The van der Waals surface area contributed by atoms with Crippen molar-refractivity contribution in [3.63, 3.8) is 0 Å². The Hall–Kier alpha value is -3.42. The Bertz CT molecular complexity index is 1270. The molecule has 7 nitrogen and oxygen atoms in total. The van der Waals surface area contributed by atoms with E-state index in [2.05, 4.69) is 14.9 Å². The molecule has 1 fully saturated rings. The second-order valence-electron chi connectivity index (χ2n) is 8.00. The van der Waals surface area contributed by atoms with Crippen LogP contribution in [0.4, 0.5) is 0 Å². The molecule has 3 heterocycles. The number of aryl methyl sites for hydroxylation is 1. The van der Waals surface area contributed by atoms with Crippen LogP contribution in [0.5, 0.6) is 23.0 Å². The number of para-hydroxylation sites is 1. The van der Waals surface area contributed by atoms with Crippen LogP contribution in [0.1, 0.15) is 5.69 Å². The molecule has 170 valence electrons. The van der Waals surface area contributed by atoms with Crippen molar-refractivity contribution >= 4 is 21.8 Å². The molecular weight excluding hydrogens is 418 g/mol. The maximum atomic E-state index is 6.31. The van der Waals surface area contributed by atoms with Crippen molar-refractivity contribution in [1.82, 2.24) is 14.9 Å². The van der Waals surface area contributed by atoms with Gasteiger partial charge in [-0.3, -0.25) is 9.88 Å². The Labute approximate surface area is 192 Å². The fourth-order valence-electron chi connectivity index (χ4n) is 4.01. The topological polar surface area (TPSA) is 65.9 Å². The van der Waals surface area contributed by atoms with E-state index < -0.39 is 0 Å². The summed E-state index contributed by atoms with van der Waals surface area (Å²) in [4.78, 5) is 11.5. The highest BCUT2D eigenvalue weighted by Gasteiger charge is 2.15. The summed E-state index contributed by atoms with van der Waals surface area (Å²) in [6.45, 7) is 6.78. The summed E-state index contributed by atoms with van der Waals surface area (Å²) in [6.07, 6.45) is 1.74. The van der Waals surface area contributed by atoms with E-state index in [1.165, 1.54) is 0 Å². The zero-order chi connectivity index (χ0) is 22.6. The highest BCUT2D eigenvalue weighted by atomic mass is 16.5. The Balaban J connectivity index is 1.40. The second-order valence-corrected chi connectivity index (χ2v) is 8.00. The molecule has 4 aromatic rings. The van der Waals surface area contributed by atoms with Gasteiger partial charge in [0.1, 0.15) is 18.1 Å². The minimum Gasteiger partial charge on any atom is -0.493 e. The molecule has 0 bridgehead atoms. The van der Waals surface area contributed by atoms with E-state index in [4.69, 9.17) is 18.9 Å². The number of methoxy groups -OCH3 is 1. The van der Waals surface area contributed by atoms with E-state index in [1.807, 2.05) is 55.5 Å². The van der Waals surface area contributed by atoms with Crippen LogP contribution in [-0.2, 0) is 4.74 Å². The molecule has 0 radical (unpaired) electrons. The van der Waals surface area contributed by atoms with Crippen molar-refractivity contribution in [2.24, 2.45) is 0 Å². The van der Waals surface area contributed by atoms with E-state index in [1.54, 1.807) is 13.3 Å². The molecule has 1 aliphatic rings. The van der Waals surface area contributed by atoms with Gasteiger partial charge in [-0.1, -0.05) is 18.2 Å². The van der Waals surface area contributed by atoms with E-state index >= 15 is 0 Å². The van der Waals surface area contributed by atoms with Crippen molar-refractivity contribution < 1.29 is 18.9 Å². The summed E-state index contributed by atoms with van der Waals surface area (Å²) in [7, 11) is 1.64. The Morgan fingerprint density at radius 2 is 1.79 bits per heavy atom. The molecule has 0 atom stereocenters. The van der Waals surface area contributed by atoms with Crippen molar-refractivity contribution in [1.29, 1.82) is 0 Å². The van der Waals surface area contributed by atoms with E-state index in [-0.39, 0.29) is 0 Å². The van der Waals surface area contributed by atoms with Crippen LogP contribution in [0.3, 0.4) is 0 Å². The number of morpholine rings is 1. The number of ether oxygens (including phenoxy) is 4. The van der Waals surface area contributed by atoms with Gasteiger partial charge in [-0.05, 0) is 31.2 Å². The molecule has 0 N–H and O–H groups in total. The van der Waals surface area contributed by atoms with Gasteiger partial charge in [0.15, 0.2) is 11.5 Å². The molecule has 1 aliphatic heterocycles. The predicted molar refractivity (Wildman–Crippen MR) is 128 cm³/mol. The van der Waals surface area contributed by atoms with Gasteiger partial charge in [-0.2, -0.15) is 0 Å². The maximum absolute atomic E-state index is 6.31. The van der Waals surface area contributed by atoms with Gasteiger partial charge in [0.25, 0.3) is 0 Å². The third kappa shape index (κ3) is 4.69. The summed E-state index contributed by atoms with van der Waals surface area (Å²) < 4.78 is 23.4. The van der Waals surface area contributed by atoms with Crippen LogP contribution in [0.25, 0.3) is 21.8 Å².